The highest BCUT2D eigenvalue weighted by molar-refractivity contribution is 5.88. The highest BCUT2D eigenvalue weighted by atomic mass is 16.6. The molecule has 0 amide bonds. The maximum absolute atomic E-state index is 12.5. The van der Waals surface area contributed by atoms with Crippen molar-refractivity contribution in [3.05, 3.63) is 114 Å². The molecule has 0 fully saturated rings. The fraction of sp³-hybridized carbons (Fsp3) is 0.111. The lowest BCUT2D eigenvalue weighted by atomic mass is 10.1. The van der Waals surface area contributed by atoms with E-state index in [4.69, 9.17) is 14.2 Å². The highest BCUT2D eigenvalue weighted by Crippen LogP contribution is 2.28. The average molecular weight is 428 g/mol. The first-order chi connectivity index (χ1) is 15.7. The third kappa shape index (κ3) is 6.99. The molecule has 0 aliphatic carbocycles. The minimum atomic E-state index is -0.826. The minimum Gasteiger partial charge on any atom is -0.496 e. The Morgan fingerprint density at radius 1 is 0.750 bits per heavy atom. The van der Waals surface area contributed by atoms with Gasteiger partial charge in [0.1, 0.15) is 12.4 Å². The fourth-order valence-corrected chi connectivity index (χ4v) is 2.96. The van der Waals surface area contributed by atoms with E-state index in [1.54, 1.807) is 30.4 Å². The molecule has 3 rings (SSSR count). The van der Waals surface area contributed by atoms with Crippen LogP contribution >= 0.6 is 0 Å². The third-order valence-electron chi connectivity index (χ3n) is 4.54. The third-order valence-corrected chi connectivity index (χ3v) is 4.54. The molecule has 1 atom stereocenters. The molecule has 0 saturated carbocycles. The number of carbonyl (C=O) groups is 2. The van der Waals surface area contributed by atoms with E-state index in [-0.39, 0.29) is 6.61 Å². The van der Waals surface area contributed by atoms with Gasteiger partial charge in [0.15, 0.2) is 6.10 Å². The SMILES string of the molecule is COc1ccccc1[C@H](COC(=O)/C=C/c1ccccc1)OC(=O)/C=C/c1ccccc1. The maximum atomic E-state index is 12.5. The Bertz CT molecular complexity index is 1070. The predicted octanol–water partition coefficient (Wildman–Crippen LogP) is 5.25. The lowest BCUT2D eigenvalue weighted by molar-refractivity contribution is -0.153. The molecule has 0 spiro atoms. The van der Waals surface area contributed by atoms with Crippen LogP contribution in [0.5, 0.6) is 5.75 Å². The first-order valence-electron chi connectivity index (χ1n) is 10.1. The van der Waals surface area contributed by atoms with Gasteiger partial charge in [-0.1, -0.05) is 78.9 Å². The highest BCUT2D eigenvalue weighted by Gasteiger charge is 2.21. The van der Waals surface area contributed by atoms with Gasteiger partial charge in [0.2, 0.25) is 0 Å². The number of para-hydroxylation sites is 1. The Morgan fingerprint density at radius 3 is 1.88 bits per heavy atom. The van der Waals surface area contributed by atoms with E-state index in [2.05, 4.69) is 0 Å². The number of benzene rings is 3. The van der Waals surface area contributed by atoms with Crippen LogP contribution in [0.4, 0.5) is 0 Å². The molecular weight excluding hydrogens is 404 g/mol. The van der Waals surface area contributed by atoms with Crippen molar-refractivity contribution >= 4 is 24.1 Å². The number of hydrogen-bond donors (Lipinski definition) is 0. The second kappa shape index (κ2) is 11.9. The molecule has 0 saturated heterocycles. The number of carbonyl (C=O) groups excluding carboxylic acids is 2. The van der Waals surface area contributed by atoms with E-state index in [0.29, 0.717) is 11.3 Å². The second-order valence-electron chi connectivity index (χ2n) is 6.79. The lowest BCUT2D eigenvalue weighted by Gasteiger charge is -2.19. The van der Waals surface area contributed by atoms with Crippen molar-refractivity contribution < 1.29 is 23.8 Å². The summed E-state index contributed by atoms with van der Waals surface area (Å²) in [6.45, 7) is -0.150. The van der Waals surface area contributed by atoms with Crippen LogP contribution in [0.1, 0.15) is 22.8 Å². The quantitative estimate of drug-likeness (QED) is 0.344. The zero-order chi connectivity index (χ0) is 22.6. The normalized spacial score (nSPS) is 11.9. The van der Waals surface area contributed by atoms with Crippen LogP contribution in [0.15, 0.2) is 97.1 Å². The maximum Gasteiger partial charge on any atom is 0.331 e. The van der Waals surface area contributed by atoms with Crippen LogP contribution in [0.3, 0.4) is 0 Å². The molecule has 0 N–H and O–H groups in total. The molecule has 32 heavy (non-hydrogen) atoms. The number of esters is 2. The van der Waals surface area contributed by atoms with Crippen molar-refractivity contribution in [3.8, 4) is 5.75 Å². The monoisotopic (exact) mass is 428 g/mol. The van der Waals surface area contributed by atoms with Crippen molar-refractivity contribution in [2.45, 2.75) is 6.10 Å². The molecule has 0 unspecified atom stereocenters. The zero-order valence-corrected chi connectivity index (χ0v) is 17.7. The number of rotatable bonds is 9. The molecular formula is C27H24O5. The van der Waals surface area contributed by atoms with Crippen LogP contribution < -0.4 is 4.74 Å². The summed E-state index contributed by atoms with van der Waals surface area (Å²) in [6.07, 6.45) is 5.18. The molecule has 5 nitrogen and oxygen atoms in total. The van der Waals surface area contributed by atoms with Gasteiger partial charge in [-0.05, 0) is 29.3 Å². The molecule has 162 valence electrons. The van der Waals surface area contributed by atoms with Gasteiger partial charge in [-0.25, -0.2) is 9.59 Å². The number of hydrogen-bond acceptors (Lipinski definition) is 5. The summed E-state index contributed by atoms with van der Waals surface area (Å²) >= 11 is 0. The average Bonchev–Trinajstić information content (AvgIpc) is 2.85. The summed E-state index contributed by atoms with van der Waals surface area (Å²) in [5.41, 5.74) is 2.36. The van der Waals surface area contributed by atoms with Gasteiger partial charge in [-0.15, -0.1) is 0 Å². The standard InChI is InChI=1S/C27H24O5/c1-30-24-15-9-8-14-23(24)25(32-27(29)19-17-22-12-6-3-7-13-22)20-31-26(28)18-16-21-10-4-2-5-11-21/h2-19,25H,20H2,1H3/b18-16+,19-17+/t25-/m0/s1. The summed E-state index contributed by atoms with van der Waals surface area (Å²) in [6, 6.07) is 26.0. The first-order valence-corrected chi connectivity index (χ1v) is 10.1. The van der Waals surface area contributed by atoms with Gasteiger partial charge in [-0.3, -0.25) is 0 Å². The molecule has 3 aromatic carbocycles. The Kier molecular flexibility index (Phi) is 8.40. The molecule has 0 aliphatic heterocycles. The van der Waals surface area contributed by atoms with Crippen molar-refractivity contribution in [1.29, 1.82) is 0 Å². The summed E-state index contributed by atoms with van der Waals surface area (Å²) < 4.78 is 16.4. The summed E-state index contributed by atoms with van der Waals surface area (Å²) in [5, 5.41) is 0. The van der Waals surface area contributed by atoms with Crippen LogP contribution in [-0.4, -0.2) is 25.7 Å². The van der Waals surface area contributed by atoms with Crippen molar-refractivity contribution in [2.75, 3.05) is 13.7 Å². The van der Waals surface area contributed by atoms with Gasteiger partial charge in [-0.2, -0.15) is 0 Å². The Morgan fingerprint density at radius 2 is 1.28 bits per heavy atom. The molecule has 0 heterocycles. The molecule has 0 bridgehead atoms. The molecule has 0 aliphatic rings. The van der Waals surface area contributed by atoms with Crippen LogP contribution in [-0.2, 0) is 19.1 Å². The Hall–Kier alpha value is -4.12. The molecule has 0 aromatic heterocycles. The van der Waals surface area contributed by atoms with Crippen LogP contribution in [0.25, 0.3) is 12.2 Å². The van der Waals surface area contributed by atoms with E-state index in [1.165, 1.54) is 19.3 Å². The lowest BCUT2D eigenvalue weighted by Crippen LogP contribution is -2.18. The van der Waals surface area contributed by atoms with Crippen molar-refractivity contribution in [1.82, 2.24) is 0 Å². The molecule has 3 aromatic rings. The summed E-state index contributed by atoms with van der Waals surface area (Å²) in [7, 11) is 1.53. The fourth-order valence-electron chi connectivity index (χ4n) is 2.96. The Balaban J connectivity index is 1.69. The summed E-state index contributed by atoms with van der Waals surface area (Å²) in [4.78, 5) is 24.7. The molecule has 5 heteroatoms. The minimum absolute atomic E-state index is 0.150. The van der Waals surface area contributed by atoms with Gasteiger partial charge < -0.3 is 14.2 Å². The zero-order valence-electron chi connectivity index (χ0n) is 17.7. The number of ether oxygens (including phenoxy) is 3. The van der Waals surface area contributed by atoms with E-state index in [1.807, 2.05) is 66.7 Å². The summed E-state index contributed by atoms with van der Waals surface area (Å²) in [5.74, 6) is -0.557. The van der Waals surface area contributed by atoms with E-state index < -0.39 is 18.0 Å². The molecule has 0 radical (unpaired) electrons. The van der Waals surface area contributed by atoms with Gasteiger partial charge in [0, 0.05) is 17.7 Å². The Labute approximate surface area is 187 Å². The van der Waals surface area contributed by atoms with Gasteiger partial charge in [0.25, 0.3) is 0 Å². The van der Waals surface area contributed by atoms with Gasteiger partial charge in [0.05, 0.1) is 7.11 Å². The van der Waals surface area contributed by atoms with Gasteiger partial charge >= 0.3 is 11.9 Å². The topological polar surface area (TPSA) is 61.8 Å². The van der Waals surface area contributed by atoms with Crippen LogP contribution in [0.2, 0.25) is 0 Å². The second-order valence-corrected chi connectivity index (χ2v) is 6.79. The smallest absolute Gasteiger partial charge is 0.331 e. The van der Waals surface area contributed by atoms with E-state index in [0.717, 1.165) is 11.1 Å². The van der Waals surface area contributed by atoms with Crippen molar-refractivity contribution in [3.63, 3.8) is 0 Å². The largest absolute Gasteiger partial charge is 0.496 e. The van der Waals surface area contributed by atoms with E-state index in [9.17, 15) is 9.59 Å². The van der Waals surface area contributed by atoms with E-state index >= 15 is 0 Å². The first kappa shape index (κ1) is 22.6. The van der Waals surface area contributed by atoms with Crippen LogP contribution in [0, 0.1) is 0 Å². The van der Waals surface area contributed by atoms with Crippen molar-refractivity contribution in [2.24, 2.45) is 0 Å². The predicted molar refractivity (Wildman–Crippen MR) is 124 cm³/mol. The number of methoxy groups -OCH3 is 1.